The number of halogens is 1. The predicted octanol–water partition coefficient (Wildman–Crippen LogP) is 3.82. The normalized spacial score (nSPS) is 16.7. The lowest BCUT2D eigenvalue weighted by Crippen LogP contribution is -2.27. The Kier molecular flexibility index (Phi) is 4.62. The van der Waals surface area contributed by atoms with Crippen molar-refractivity contribution in [3.05, 3.63) is 66.2 Å². The molecule has 1 atom stereocenters. The molecular weight excluding hydrogens is 345 g/mol. The van der Waals surface area contributed by atoms with Gasteiger partial charge in [0.2, 0.25) is 5.91 Å². The van der Waals surface area contributed by atoms with Gasteiger partial charge in [-0.05, 0) is 54.3 Å². The van der Waals surface area contributed by atoms with Crippen LogP contribution in [0.25, 0.3) is 11.1 Å². The van der Waals surface area contributed by atoms with E-state index in [2.05, 4.69) is 10.2 Å². The highest BCUT2D eigenvalue weighted by Crippen LogP contribution is 2.31. The summed E-state index contributed by atoms with van der Waals surface area (Å²) in [6, 6.07) is 12.3. The Morgan fingerprint density at radius 1 is 1.22 bits per heavy atom. The fraction of sp³-hybridized carbons (Fsp3) is 0.238. The number of nitrogens with one attached hydrogen (secondary N) is 1. The largest absolute Gasteiger partial charge is 0.496 e. The SMILES string of the molecule is COc1ccc(F)cc1CC1CCN(c2ccc(-c3cn[nH]c3)cc2)C1=O. The smallest absolute Gasteiger partial charge is 0.230 e. The van der Waals surface area contributed by atoms with Crippen LogP contribution < -0.4 is 9.64 Å². The molecule has 0 saturated carbocycles. The highest BCUT2D eigenvalue weighted by molar-refractivity contribution is 5.97. The maximum atomic E-state index is 13.6. The number of hydrogen-bond donors (Lipinski definition) is 1. The molecule has 27 heavy (non-hydrogen) atoms. The molecule has 0 bridgehead atoms. The molecule has 0 radical (unpaired) electrons. The van der Waals surface area contributed by atoms with Crippen molar-refractivity contribution in [1.29, 1.82) is 0 Å². The molecule has 2 heterocycles. The lowest BCUT2D eigenvalue weighted by atomic mass is 9.97. The summed E-state index contributed by atoms with van der Waals surface area (Å²) in [4.78, 5) is 14.7. The van der Waals surface area contributed by atoms with Gasteiger partial charge in [0.05, 0.1) is 13.3 Å². The molecule has 0 aliphatic carbocycles. The molecule has 0 spiro atoms. The molecule has 1 fully saturated rings. The predicted molar refractivity (Wildman–Crippen MR) is 101 cm³/mol. The molecule has 4 rings (SSSR count). The van der Waals surface area contributed by atoms with Gasteiger partial charge < -0.3 is 9.64 Å². The standard InChI is InChI=1S/C21H20FN3O2/c1-27-20-7-4-18(22)11-16(20)10-15-8-9-25(21(15)26)19-5-2-14(3-6-19)17-12-23-24-13-17/h2-7,11-13,15H,8-10H2,1H3,(H,23,24). The van der Waals surface area contributed by atoms with Gasteiger partial charge in [-0.25, -0.2) is 4.39 Å². The van der Waals surface area contributed by atoms with Gasteiger partial charge in [-0.2, -0.15) is 5.10 Å². The van der Waals surface area contributed by atoms with E-state index in [0.717, 1.165) is 28.8 Å². The number of aromatic nitrogens is 2. The van der Waals surface area contributed by atoms with E-state index in [1.165, 1.54) is 12.1 Å². The third kappa shape index (κ3) is 3.43. The molecule has 1 aromatic heterocycles. The lowest BCUT2D eigenvalue weighted by Gasteiger charge is -2.18. The molecule has 2 aromatic carbocycles. The summed E-state index contributed by atoms with van der Waals surface area (Å²) in [6.07, 6.45) is 4.81. The van der Waals surface area contributed by atoms with Crippen LogP contribution in [0, 0.1) is 11.7 Å². The van der Waals surface area contributed by atoms with E-state index >= 15 is 0 Å². The van der Waals surface area contributed by atoms with Crippen LogP contribution in [-0.4, -0.2) is 29.8 Å². The molecule has 1 aliphatic rings. The van der Waals surface area contributed by atoms with Crippen molar-refractivity contribution in [3.63, 3.8) is 0 Å². The number of amides is 1. The first-order valence-corrected chi connectivity index (χ1v) is 8.88. The van der Waals surface area contributed by atoms with E-state index in [-0.39, 0.29) is 17.6 Å². The molecule has 1 aliphatic heterocycles. The molecule has 1 amide bonds. The van der Waals surface area contributed by atoms with E-state index in [1.807, 2.05) is 30.5 Å². The summed E-state index contributed by atoms with van der Waals surface area (Å²) in [5.74, 6) is 0.196. The Labute approximate surface area is 156 Å². The summed E-state index contributed by atoms with van der Waals surface area (Å²) in [5, 5.41) is 6.75. The summed E-state index contributed by atoms with van der Waals surface area (Å²) in [6.45, 7) is 0.659. The third-order valence-electron chi connectivity index (χ3n) is 5.04. The minimum atomic E-state index is -0.317. The number of anilines is 1. The Bertz CT molecular complexity index is 939. The van der Waals surface area contributed by atoms with Crippen LogP contribution in [0.1, 0.15) is 12.0 Å². The van der Waals surface area contributed by atoms with Gasteiger partial charge >= 0.3 is 0 Å². The first-order valence-electron chi connectivity index (χ1n) is 8.88. The maximum Gasteiger partial charge on any atom is 0.230 e. The van der Waals surface area contributed by atoms with Crippen LogP contribution in [0.5, 0.6) is 5.75 Å². The van der Waals surface area contributed by atoms with Crippen molar-refractivity contribution < 1.29 is 13.9 Å². The first kappa shape index (κ1) is 17.3. The van der Waals surface area contributed by atoms with Crippen LogP contribution >= 0.6 is 0 Å². The number of benzene rings is 2. The molecule has 3 aromatic rings. The number of H-pyrrole nitrogens is 1. The highest BCUT2D eigenvalue weighted by Gasteiger charge is 2.33. The summed E-state index contributed by atoms with van der Waals surface area (Å²) < 4.78 is 18.9. The quantitative estimate of drug-likeness (QED) is 0.748. The number of carbonyl (C=O) groups excluding carboxylic acids is 1. The minimum absolute atomic E-state index is 0.0670. The van der Waals surface area contributed by atoms with Crippen molar-refractivity contribution in [2.75, 3.05) is 18.6 Å². The number of aromatic amines is 1. The molecular formula is C21H20FN3O2. The molecule has 1 saturated heterocycles. The van der Waals surface area contributed by atoms with E-state index in [1.54, 1.807) is 24.3 Å². The molecule has 138 valence electrons. The zero-order valence-corrected chi connectivity index (χ0v) is 15.0. The van der Waals surface area contributed by atoms with Crippen molar-refractivity contribution in [2.24, 2.45) is 5.92 Å². The van der Waals surface area contributed by atoms with E-state index < -0.39 is 0 Å². The van der Waals surface area contributed by atoms with Crippen LogP contribution in [0.4, 0.5) is 10.1 Å². The van der Waals surface area contributed by atoms with Crippen molar-refractivity contribution in [1.82, 2.24) is 10.2 Å². The Morgan fingerprint density at radius 3 is 2.74 bits per heavy atom. The average molecular weight is 365 g/mol. The van der Waals surface area contributed by atoms with Crippen LogP contribution in [-0.2, 0) is 11.2 Å². The number of methoxy groups -OCH3 is 1. The third-order valence-corrected chi connectivity index (χ3v) is 5.04. The first-order chi connectivity index (χ1) is 13.2. The van der Waals surface area contributed by atoms with Gasteiger partial charge in [0, 0.05) is 29.9 Å². The van der Waals surface area contributed by atoms with Gasteiger partial charge in [-0.15, -0.1) is 0 Å². The number of hydrogen-bond acceptors (Lipinski definition) is 3. The highest BCUT2D eigenvalue weighted by atomic mass is 19.1. The van der Waals surface area contributed by atoms with Crippen molar-refractivity contribution in [2.45, 2.75) is 12.8 Å². The average Bonchev–Trinajstić information content (AvgIpc) is 3.33. The van der Waals surface area contributed by atoms with Crippen LogP contribution in [0.15, 0.2) is 54.9 Å². The number of nitrogens with zero attached hydrogens (tertiary/aromatic N) is 2. The number of carbonyl (C=O) groups is 1. The molecule has 5 nitrogen and oxygen atoms in total. The molecule has 1 unspecified atom stereocenters. The Hall–Kier alpha value is -3.15. The van der Waals surface area contributed by atoms with E-state index in [4.69, 9.17) is 4.74 Å². The van der Waals surface area contributed by atoms with Gasteiger partial charge in [0.15, 0.2) is 0 Å². The fourth-order valence-electron chi connectivity index (χ4n) is 3.60. The van der Waals surface area contributed by atoms with Gasteiger partial charge in [0.1, 0.15) is 11.6 Å². The fourth-order valence-corrected chi connectivity index (χ4v) is 3.60. The lowest BCUT2D eigenvalue weighted by molar-refractivity contribution is -0.120. The summed E-state index contributed by atoms with van der Waals surface area (Å²) in [5.41, 5.74) is 3.65. The van der Waals surface area contributed by atoms with Crippen molar-refractivity contribution in [3.8, 4) is 16.9 Å². The zero-order valence-electron chi connectivity index (χ0n) is 15.0. The minimum Gasteiger partial charge on any atom is -0.496 e. The Morgan fingerprint density at radius 2 is 2.04 bits per heavy atom. The van der Waals surface area contributed by atoms with Crippen LogP contribution in [0.3, 0.4) is 0 Å². The topological polar surface area (TPSA) is 58.2 Å². The zero-order chi connectivity index (χ0) is 18.8. The second-order valence-corrected chi connectivity index (χ2v) is 6.67. The molecule has 6 heteroatoms. The summed E-state index contributed by atoms with van der Waals surface area (Å²) in [7, 11) is 1.56. The monoisotopic (exact) mass is 365 g/mol. The van der Waals surface area contributed by atoms with E-state index in [0.29, 0.717) is 18.7 Å². The second kappa shape index (κ2) is 7.23. The second-order valence-electron chi connectivity index (χ2n) is 6.67. The van der Waals surface area contributed by atoms with E-state index in [9.17, 15) is 9.18 Å². The van der Waals surface area contributed by atoms with Crippen molar-refractivity contribution >= 4 is 11.6 Å². The maximum absolute atomic E-state index is 13.6. The number of rotatable bonds is 5. The summed E-state index contributed by atoms with van der Waals surface area (Å²) >= 11 is 0. The number of ether oxygens (including phenoxy) is 1. The Balaban J connectivity index is 1.50. The molecule has 1 N–H and O–H groups in total. The van der Waals surface area contributed by atoms with Crippen LogP contribution in [0.2, 0.25) is 0 Å². The van der Waals surface area contributed by atoms with Gasteiger partial charge in [-0.1, -0.05) is 12.1 Å². The van der Waals surface area contributed by atoms with Gasteiger partial charge in [-0.3, -0.25) is 9.89 Å². The van der Waals surface area contributed by atoms with Gasteiger partial charge in [0.25, 0.3) is 0 Å².